The quantitative estimate of drug-likeness (QED) is 0.326. The van der Waals surface area contributed by atoms with Crippen molar-refractivity contribution in [3.63, 3.8) is 0 Å². The maximum Gasteiger partial charge on any atom is 0.264 e. The van der Waals surface area contributed by atoms with Gasteiger partial charge in [-0.05, 0) is 99.8 Å². The van der Waals surface area contributed by atoms with E-state index in [1.165, 1.54) is 29.2 Å². The number of nitrogens with one attached hydrogen (secondary N) is 1. The first-order valence-electron chi connectivity index (χ1n) is 12.5. The van der Waals surface area contributed by atoms with Gasteiger partial charge in [-0.2, -0.15) is 0 Å². The molecule has 0 saturated carbocycles. The van der Waals surface area contributed by atoms with Crippen molar-refractivity contribution in [2.24, 2.45) is 0 Å². The molecule has 0 radical (unpaired) electrons. The molecule has 0 aliphatic rings. The number of sulfonamides is 1. The van der Waals surface area contributed by atoms with E-state index in [-0.39, 0.29) is 23.4 Å². The number of anilines is 1. The number of hydrogen-bond donors (Lipinski definition) is 1. The summed E-state index contributed by atoms with van der Waals surface area (Å²) in [6.07, 6.45) is 0. The molecule has 2 amide bonds. The average molecular weight is 591 g/mol. The Morgan fingerprint density at radius 1 is 0.872 bits per heavy atom. The lowest BCUT2D eigenvalue weighted by Gasteiger charge is -2.32. The minimum absolute atomic E-state index is 0.00933. The molecule has 0 aliphatic heterocycles. The zero-order chi connectivity index (χ0) is 28.9. The van der Waals surface area contributed by atoms with E-state index >= 15 is 0 Å². The van der Waals surface area contributed by atoms with Crippen LogP contribution in [0, 0.1) is 13.8 Å². The highest BCUT2D eigenvalue weighted by molar-refractivity contribution is 7.92. The van der Waals surface area contributed by atoms with E-state index in [9.17, 15) is 18.0 Å². The largest absolute Gasteiger partial charge is 0.352 e. The highest BCUT2D eigenvalue weighted by Crippen LogP contribution is 2.27. The second kappa shape index (κ2) is 12.9. The molecule has 0 unspecified atom stereocenters. The molecular weight excluding hydrogens is 557 g/mol. The van der Waals surface area contributed by atoms with Gasteiger partial charge in [0.15, 0.2) is 0 Å². The molecule has 0 aliphatic carbocycles. The van der Waals surface area contributed by atoms with Crippen LogP contribution in [0.1, 0.15) is 37.5 Å². The minimum atomic E-state index is -4.17. The summed E-state index contributed by atoms with van der Waals surface area (Å²) in [5, 5.41) is 3.71. The Kier molecular flexibility index (Phi) is 10.0. The molecule has 0 heterocycles. The van der Waals surface area contributed by atoms with Crippen LogP contribution in [0.5, 0.6) is 0 Å². The van der Waals surface area contributed by atoms with Crippen molar-refractivity contribution in [2.75, 3.05) is 10.8 Å². The Balaban J connectivity index is 2.06. The van der Waals surface area contributed by atoms with E-state index in [4.69, 9.17) is 23.2 Å². The summed E-state index contributed by atoms with van der Waals surface area (Å²) >= 11 is 12.2. The summed E-state index contributed by atoms with van der Waals surface area (Å²) in [4.78, 5) is 28.2. The van der Waals surface area contributed by atoms with Crippen LogP contribution >= 0.6 is 23.2 Å². The minimum Gasteiger partial charge on any atom is -0.352 e. The normalized spacial score (nSPS) is 12.2. The predicted molar refractivity (Wildman–Crippen MR) is 157 cm³/mol. The number of nitrogens with zero attached hydrogens (tertiary/aromatic N) is 2. The van der Waals surface area contributed by atoms with Crippen LogP contribution in [-0.4, -0.2) is 43.8 Å². The molecule has 7 nitrogen and oxygen atoms in total. The molecule has 0 aromatic heterocycles. The van der Waals surface area contributed by atoms with Gasteiger partial charge in [0, 0.05) is 22.6 Å². The third-order valence-electron chi connectivity index (χ3n) is 6.30. The molecule has 0 fully saturated rings. The van der Waals surface area contributed by atoms with Crippen LogP contribution in [0.25, 0.3) is 0 Å². The zero-order valence-corrected chi connectivity index (χ0v) is 24.9. The predicted octanol–water partition coefficient (Wildman–Crippen LogP) is 5.75. The van der Waals surface area contributed by atoms with E-state index in [0.717, 1.165) is 15.4 Å². The van der Waals surface area contributed by atoms with Crippen LogP contribution in [0.4, 0.5) is 5.69 Å². The smallest absolute Gasteiger partial charge is 0.264 e. The molecule has 0 bridgehead atoms. The molecule has 10 heteroatoms. The van der Waals surface area contributed by atoms with Gasteiger partial charge < -0.3 is 10.2 Å². The topological polar surface area (TPSA) is 86.8 Å². The van der Waals surface area contributed by atoms with Crippen molar-refractivity contribution in [3.8, 4) is 0 Å². The van der Waals surface area contributed by atoms with Crippen molar-refractivity contribution in [1.82, 2.24) is 10.2 Å². The van der Waals surface area contributed by atoms with Crippen molar-refractivity contribution in [2.45, 2.75) is 58.1 Å². The lowest BCUT2D eigenvalue weighted by molar-refractivity contribution is -0.139. The number of carbonyl (C=O) groups is 2. The summed E-state index contributed by atoms with van der Waals surface area (Å²) in [7, 11) is -4.17. The van der Waals surface area contributed by atoms with Crippen LogP contribution in [0.3, 0.4) is 0 Å². The van der Waals surface area contributed by atoms with Crippen LogP contribution in [0.15, 0.2) is 71.6 Å². The maximum atomic E-state index is 13.9. The number of amides is 2. The molecule has 1 N–H and O–H groups in total. The zero-order valence-electron chi connectivity index (χ0n) is 22.6. The van der Waals surface area contributed by atoms with Crippen LogP contribution in [0.2, 0.25) is 10.0 Å². The number of rotatable bonds is 10. The van der Waals surface area contributed by atoms with Crippen molar-refractivity contribution >= 4 is 50.7 Å². The van der Waals surface area contributed by atoms with Crippen molar-refractivity contribution < 1.29 is 18.0 Å². The summed E-state index contributed by atoms with van der Waals surface area (Å²) in [5.41, 5.74) is 2.90. The fraction of sp³-hybridized carbons (Fsp3) is 0.310. The highest BCUT2D eigenvalue weighted by atomic mass is 35.5. The maximum absolute atomic E-state index is 13.9. The fourth-order valence-corrected chi connectivity index (χ4v) is 5.71. The summed E-state index contributed by atoms with van der Waals surface area (Å²) in [6, 6.07) is 16.9. The molecule has 3 rings (SSSR count). The van der Waals surface area contributed by atoms with Gasteiger partial charge in [-0.1, -0.05) is 41.4 Å². The number of hydrogen-bond acceptors (Lipinski definition) is 4. The summed E-state index contributed by atoms with van der Waals surface area (Å²) in [5.74, 6) is -0.893. The van der Waals surface area contributed by atoms with E-state index in [0.29, 0.717) is 21.3 Å². The monoisotopic (exact) mass is 589 g/mol. The fourth-order valence-electron chi connectivity index (χ4n) is 3.96. The van der Waals surface area contributed by atoms with E-state index < -0.39 is 28.5 Å². The number of benzene rings is 3. The Morgan fingerprint density at radius 3 is 2.13 bits per heavy atom. The first-order valence-corrected chi connectivity index (χ1v) is 14.7. The van der Waals surface area contributed by atoms with E-state index in [2.05, 4.69) is 5.32 Å². The summed E-state index contributed by atoms with van der Waals surface area (Å²) < 4.78 is 28.8. The number of carbonyl (C=O) groups excluding carboxylic acids is 2. The molecule has 1 atom stereocenters. The third kappa shape index (κ3) is 7.75. The van der Waals surface area contributed by atoms with Crippen LogP contribution in [-0.2, 0) is 26.2 Å². The molecule has 3 aromatic rings. The van der Waals surface area contributed by atoms with Crippen molar-refractivity contribution in [3.05, 3.63) is 93.5 Å². The van der Waals surface area contributed by atoms with E-state index in [1.807, 2.05) is 33.8 Å². The molecule has 208 valence electrons. The van der Waals surface area contributed by atoms with Gasteiger partial charge in [0.25, 0.3) is 10.0 Å². The standard InChI is InChI=1S/C29H33Cl2N3O4S/c1-19(2)32-29(36)22(5)33(17-23-7-6-8-25(31)16-23)28(35)18-34(26-12-9-20(3)21(4)15-26)39(37,38)27-13-10-24(30)11-14-27/h6-16,19,22H,17-18H2,1-5H3,(H,32,36)/t22-/m1/s1. The van der Waals surface area contributed by atoms with Crippen LogP contribution < -0.4 is 9.62 Å². The first kappa shape index (κ1) is 30.5. The highest BCUT2D eigenvalue weighted by Gasteiger charge is 2.32. The molecular formula is C29H33Cl2N3O4S. The van der Waals surface area contributed by atoms with Gasteiger partial charge >= 0.3 is 0 Å². The van der Waals surface area contributed by atoms with Crippen molar-refractivity contribution in [1.29, 1.82) is 0 Å². The average Bonchev–Trinajstić information content (AvgIpc) is 2.87. The third-order valence-corrected chi connectivity index (χ3v) is 8.57. The molecule has 3 aromatic carbocycles. The Bertz CT molecular complexity index is 1440. The first-order chi connectivity index (χ1) is 18.3. The Labute approximate surface area is 240 Å². The van der Waals surface area contributed by atoms with Gasteiger partial charge in [-0.25, -0.2) is 8.42 Å². The Morgan fingerprint density at radius 2 is 1.54 bits per heavy atom. The molecule has 0 spiro atoms. The lowest BCUT2D eigenvalue weighted by Crippen LogP contribution is -2.52. The second-order valence-electron chi connectivity index (χ2n) is 9.72. The molecule has 39 heavy (non-hydrogen) atoms. The summed E-state index contributed by atoms with van der Waals surface area (Å²) in [6.45, 7) is 8.61. The van der Waals surface area contributed by atoms with Gasteiger partial charge in [0.2, 0.25) is 11.8 Å². The lowest BCUT2D eigenvalue weighted by atomic mass is 10.1. The van der Waals surface area contributed by atoms with Gasteiger partial charge in [0.1, 0.15) is 12.6 Å². The molecule has 0 saturated heterocycles. The number of halogens is 2. The van der Waals surface area contributed by atoms with Gasteiger partial charge in [-0.15, -0.1) is 0 Å². The second-order valence-corrected chi connectivity index (χ2v) is 12.5. The number of aryl methyl sites for hydroxylation is 2. The van der Waals surface area contributed by atoms with Gasteiger partial charge in [0.05, 0.1) is 10.6 Å². The Hall–Kier alpha value is -3.07. The van der Waals surface area contributed by atoms with E-state index in [1.54, 1.807) is 43.3 Å². The van der Waals surface area contributed by atoms with Gasteiger partial charge in [-0.3, -0.25) is 13.9 Å². The SMILES string of the molecule is Cc1ccc(N(CC(=O)N(Cc2cccc(Cl)c2)[C@H](C)C(=O)NC(C)C)S(=O)(=O)c2ccc(Cl)cc2)cc1C.